The van der Waals surface area contributed by atoms with Gasteiger partial charge in [-0.3, -0.25) is 0 Å². The molecule has 0 saturated heterocycles. The van der Waals surface area contributed by atoms with E-state index in [9.17, 15) is 24.6 Å². The van der Waals surface area contributed by atoms with Crippen LogP contribution in [0.25, 0.3) is 0 Å². The minimum Gasteiger partial charge on any atom is -0.508 e. The number of carbonyl (C=O) groups is 3. The Labute approximate surface area is 272 Å². The molecule has 2 aliphatic heterocycles. The lowest BCUT2D eigenvalue weighted by molar-refractivity contribution is 0.0223. The van der Waals surface area contributed by atoms with Crippen molar-refractivity contribution in [3.63, 3.8) is 0 Å². The topological polar surface area (TPSA) is 182 Å². The molecule has 0 unspecified atom stereocenters. The van der Waals surface area contributed by atoms with Crippen molar-refractivity contribution in [2.75, 3.05) is 31.7 Å². The molecule has 0 bridgehead atoms. The Balaban J connectivity index is 1.01. The molecule has 5 N–H and O–H groups in total. The molecule has 2 aliphatic rings. The van der Waals surface area contributed by atoms with Crippen molar-refractivity contribution in [1.29, 1.82) is 0 Å². The van der Waals surface area contributed by atoms with Gasteiger partial charge in [-0.25, -0.2) is 14.4 Å². The number of esters is 1. The summed E-state index contributed by atoms with van der Waals surface area (Å²) in [6.07, 6.45) is -0.951. The number of hydrogen-bond acceptors (Lipinski definition) is 11. The van der Waals surface area contributed by atoms with E-state index in [-0.39, 0.29) is 59.2 Å². The fourth-order valence-electron chi connectivity index (χ4n) is 5.27. The van der Waals surface area contributed by atoms with Gasteiger partial charge in [0.1, 0.15) is 35.4 Å². The number of nitrogens with one attached hydrogen (secondary N) is 2. The average Bonchev–Trinajstić information content (AvgIpc) is 3.32. The number of phenolic OH excluding ortho intramolecular Hbond substituents is 2. The van der Waals surface area contributed by atoms with Crippen LogP contribution in [0.2, 0.25) is 0 Å². The first-order valence-electron chi connectivity index (χ1n) is 14.2. The zero-order chi connectivity index (χ0) is 33.1. The number of hydrogen-bond donors (Lipinski definition) is 5. The Bertz CT molecular complexity index is 1840. The fourth-order valence-corrected chi connectivity index (χ4v) is 5.49. The number of carbonyl (C=O) groups excluding carboxylic acids is 2. The summed E-state index contributed by atoms with van der Waals surface area (Å²) < 4.78 is 27.4. The van der Waals surface area contributed by atoms with Crippen LogP contribution in [0.1, 0.15) is 37.4 Å². The summed E-state index contributed by atoms with van der Waals surface area (Å²) in [5.74, 6) is -1.01. The molecule has 14 heteroatoms. The van der Waals surface area contributed by atoms with Crippen molar-refractivity contribution in [2.45, 2.75) is 5.60 Å². The summed E-state index contributed by atoms with van der Waals surface area (Å²) in [7, 11) is 0. The van der Waals surface area contributed by atoms with Crippen molar-refractivity contribution in [3.8, 4) is 28.7 Å². The van der Waals surface area contributed by atoms with Gasteiger partial charge in [-0.15, -0.1) is 0 Å². The van der Waals surface area contributed by atoms with Crippen molar-refractivity contribution in [2.24, 2.45) is 0 Å². The Morgan fingerprint density at radius 1 is 0.830 bits per heavy atom. The van der Waals surface area contributed by atoms with E-state index in [4.69, 9.17) is 41.0 Å². The molecule has 6 rings (SSSR count). The number of carboxylic acids is 1. The van der Waals surface area contributed by atoms with E-state index in [1.165, 1.54) is 48.5 Å². The van der Waals surface area contributed by atoms with E-state index in [1.54, 1.807) is 30.3 Å². The second-order valence-electron chi connectivity index (χ2n) is 10.3. The Morgan fingerprint density at radius 3 is 2.15 bits per heavy atom. The lowest BCUT2D eigenvalue weighted by Gasteiger charge is -2.36. The van der Waals surface area contributed by atoms with Crippen molar-refractivity contribution in [3.05, 3.63) is 107 Å². The van der Waals surface area contributed by atoms with E-state index in [2.05, 4.69) is 10.6 Å². The van der Waals surface area contributed by atoms with Gasteiger partial charge in [0.2, 0.25) is 0 Å². The van der Waals surface area contributed by atoms with Crippen LogP contribution in [0, 0.1) is 0 Å². The van der Waals surface area contributed by atoms with E-state index in [0.29, 0.717) is 34.5 Å². The summed E-state index contributed by atoms with van der Waals surface area (Å²) in [5.41, 5.74) is 1.14. The number of carboxylic acid groups (broad SMARTS) is 1. The van der Waals surface area contributed by atoms with Crippen LogP contribution in [0.5, 0.6) is 28.7 Å². The smallest absolute Gasteiger partial charge is 0.508 e. The monoisotopic (exact) mass is 658 g/mol. The summed E-state index contributed by atoms with van der Waals surface area (Å²) in [6.45, 7) is 0.600. The summed E-state index contributed by atoms with van der Waals surface area (Å²) >= 11 is 5.38. The molecule has 0 fully saturated rings. The van der Waals surface area contributed by atoms with Crippen molar-refractivity contribution >= 4 is 41.1 Å². The molecule has 4 aromatic rings. The third-order valence-corrected chi connectivity index (χ3v) is 7.56. The number of phenols is 2. The standard InChI is InChI=1S/C33H26N2O11S/c36-20-4-9-25-27(16-20)45-28-17-21(37)5-10-26(28)33(25)24-8-3-19(15-23(24)30(40)46-33)35-31(47)34-11-12-42-13-14-43-32(41)44-22-6-1-18(2-7-22)29(38)39/h1-10,15-17,36-37H,11-14H2,(H,38,39)(H2,34,35,47). The Morgan fingerprint density at radius 2 is 1.49 bits per heavy atom. The third kappa shape index (κ3) is 6.32. The van der Waals surface area contributed by atoms with Gasteiger partial charge in [0.25, 0.3) is 0 Å². The predicted octanol–water partition coefficient (Wildman–Crippen LogP) is 4.88. The highest BCUT2D eigenvalue weighted by Crippen LogP contribution is 2.57. The molecule has 0 atom stereocenters. The van der Waals surface area contributed by atoms with Crippen LogP contribution in [-0.4, -0.2) is 64.9 Å². The number of thiocarbonyl (C=S) groups is 1. The summed E-state index contributed by atoms with van der Waals surface area (Å²) in [4.78, 5) is 36.0. The fraction of sp³-hybridized carbons (Fsp3) is 0.152. The maximum absolute atomic E-state index is 13.3. The van der Waals surface area contributed by atoms with Gasteiger partial charge in [-0.1, -0.05) is 6.07 Å². The highest BCUT2D eigenvalue weighted by atomic mass is 32.1. The van der Waals surface area contributed by atoms with Crippen molar-refractivity contribution in [1.82, 2.24) is 5.32 Å². The van der Waals surface area contributed by atoms with E-state index in [1.807, 2.05) is 0 Å². The van der Waals surface area contributed by atoms with Crippen LogP contribution in [0.15, 0.2) is 78.9 Å². The van der Waals surface area contributed by atoms with Gasteiger partial charge >= 0.3 is 18.1 Å². The second kappa shape index (κ2) is 12.9. The molecule has 0 saturated carbocycles. The molecule has 0 radical (unpaired) electrons. The zero-order valence-electron chi connectivity index (χ0n) is 24.3. The zero-order valence-corrected chi connectivity index (χ0v) is 25.2. The van der Waals surface area contributed by atoms with Gasteiger partial charge in [-0.2, -0.15) is 0 Å². The van der Waals surface area contributed by atoms with E-state index >= 15 is 0 Å². The number of anilines is 1. The highest BCUT2D eigenvalue weighted by molar-refractivity contribution is 7.80. The molecular weight excluding hydrogens is 632 g/mol. The average molecular weight is 659 g/mol. The number of benzene rings is 4. The molecule has 0 amide bonds. The molecule has 2 heterocycles. The van der Waals surface area contributed by atoms with Crippen LogP contribution in [0.3, 0.4) is 0 Å². The first kappa shape index (κ1) is 31.1. The molecular formula is C33H26N2O11S. The van der Waals surface area contributed by atoms with Gasteiger partial charge in [-0.05, 0) is 72.9 Å². The molecule has 4 aromatic carbocycles. The quantitative estimate of drug-likeness (QED) is 0.0710. The maximum atomic E-state index is 13.3. The SMILES string of the molecule is O=C(OCCOCCNC(=S)Nc1ccc2c(c1)C(=O)OC21c2ccc(O)cc2Oc2cc(O)ccc21)Oc1ccc(C(=O)O)cc1. The van der Waals surface area contributed by atoms with Crippen molar-refractivity contribution < 1.29 is 53.4 Å². The number of aromatic hydroxyl groups is 2. The first-order valence-corrected chi connectivity index (χ1v) is 14.6. The second-order valence-corrected chi connectivity index (χ2v) is 10.7. The largest absolute Gasteiger partial charge is 0.513 e. The minimum absolute atomic E-state index is 0.0324. The molecule has 1 spiro atoms. The predicted molar refractivity (Wildman–Crippen MR) is 168 cm³/mol. The number of fused-ring (bicyclic) bond motifs is 6. The van der Waals surface area contributed by atoms with Crippen LogP contribution >= 0.6 is 12.2 Å². The Hall–Kier alpha value is -5.86. The number of ether oxygens (including phenoxy) is 5. The van der Waals surface area contributed by atoms with Crippen LogP contribution < -0.4 is 20.1 Å². The van der Waals surface area contributed by atoms with Gasteiger partial charge < -0.3 is 49.6 Å². The normalized spacial score (nSPS) is 13.3. The minimum atomic E-state index is -1.36. The summed E-state index contributed by atoms with van der Waals surface area (Å²) in [6, 6.07) is 19.5. The molecule has 13 nitrogen and oxygen atoms in total. The van der Waals surface area contributed by atoms with Gasteiger partial charge in [0.05, 0.1) is 24.3 Å². The summed E-state index contributed by atoms with van der Waals surface area (Å²) in [5, 5.41) is 35.4. The molecule has 0 aromatic heterocycles. The lowest BCUT2D eigenvalue weighted by Crippen LogP contribution is -2.33. The van der Waals surface area contributed by atoms with Gasteiger partial charge in [0, 0.05) is 41.1 Å². The molecule has 47 heavy (non-hydrogen) atoms. The van der Waals surface area contributed by atoms with E-state index in [0.717, 1.165) is 0 Å². The molecule has 240 valence electrons. The van der Waals surface area contributed by atoms with Gasteiger partial charge in [0.15, 0.2) is 10.7 Å². The number of rotatable bonds is 9. The van der Waals surface area contributed by atoms with Crippen LogP contribution in [0.4, 0.5) is 10.5 Å². The molecule has 0 aliphatic carbocycles. The number of aromatic carboxylic acids is 1. The maximum Gasteiger partial charge on any atom is 0.513 e. The van der Waals surface area contributed by atoms with Crippen LogP contribution in [-0.2, 0) is 19.8 Å². The Kier molecular flexibility index (Phi) is 8.52. The van der Waals surface area contributed by atoms with E-state index < -0.39 is 23.7 Å². The lowest BCUT2D eigenvalue weighted by atomic mass is 9.77. The highest BCUT2D eigenvalue weighted by Gasteiger charge is 2.53. The first-order chi connectivity index (χ1) is 22.6. The third-order valence-electron chi connectivity index (χ3n) is 7.31.